The SMILES string of the molecule is NC(Cc1cn(Cc2sccc2Br)nn1)C(=O)O. The number of carbonyl (C=O) groups is 1. The zero-order valence-electron chi connectivity index (χ0n) is 9.28. The summed E-state index contributed by atoms with van der Waals surface area (Å²) in [5.74, 6) is -1.04. The largest absolute Gasteiger partial charge is 0.480 e. The van der Waals surface area contributed by atoms with Crippen LogP contribution in [0.5, 0.6) is 0 Å². The molecule has 2 aromatic heterocycles. The van der Waals surface area contributed by atoms with Crippen LogP contribution >= 0.6 is 27.3 Å². The maximum absolute atomic E-state index is 10.6. The van der Waals surface area contributed by atoms with E-state index in [1.807, 2.05) is 11.4 Å². The van der Waals surface area contributed by atoms with Crippen LogP contribution in [0.25, 0.3) is 0 Å². The Morgan fingerprint density at radius 2 is 2.44 bits per heavy atom. The lowest BCUT2D eigenvalue weighted by Gasteiger charge is -2.01. The van der Waals surface area contributed by atoms with Crippen LogP contribution in [0, 0.1) is 0 Å². The Labute approximate surface area is 116 Å². The van der Waals surface area contributed by atoms with Crippen LogP contribution in [-0.4, -0.2) is 32.1 Å². The zero-order chi connectivity index (χ0) is 13.1. The molecule has 0 aliphatic carbocycles. The van der Waals surface area contributed by atoms with E-state index in [4.69, 9.17) is 10.8 Å². The van der Waals surface area contributed by atoms with E-state index in [1.54, 1.807) is 22.2 Å². The fourth-order valence-corrected chi connectivity index (χ4v) is 2.88. The van der Waals surface area contributed by atoms with Gasteiger partial charge < -0.3 is 10.8 Å². The van der Waals surface area contributed by atoms with Crippen molar-refractivity contribution in [2.75, 3.05) is 0 Å². The van der Waals surface area contributed by atoms with Crippen LogP contribution in [0.4, 0.5) is 0 Å². The third-order valence-electron chi connectivity index (χ3n) is 2.33. The van der Waals surface area contributed by atoms with Gasteiger partial charge in [-0.1, -0.05) is 5.21 Å². The van der Waals surface area contributed by atoms with Crippen molar-refractivity contribution in [3.8, 4) is 0 Å². The predicted octanol–water partition coefficient (Wildman–Crippen LogP) is 1.10. The minimum absolute atomic E-state index is 0.181. The Morgan fingerprint density at radius 3 is 3.06 bits per heavy atom. The Morgan fingerprint density at radius 1 is 1.67 bits per heavy atom. The van der Waals surface area contributed by atoms with E-state index in [9.17, 15) is 4.79 Å². The first-order valence-corrected chi connectivity index (χ1v) is 6.83. The first-order chi connectivity index (χ1) is 8.56. The molecule has 2 rings (SSSR count). The summed E-state index contributed by atoms with van der Waals surface area (Å²) in [5, 5.41) is 18.5. The van der Waals surface area contributed by atoms with Gasteiger partial charge in [0, 0.05) is 22.0 Å². The number of nitrogens with two attached hydrogens (primary N) is 1. The van der Waals surface area contributed by atoms with Crippen molar-refractivity contribution in [1.82, 2.24) is 15.0 Å². The van der Waals surface area contributed by atoms with E-state index in [0.717, 1.165) is 9.35 Å². The van der Waals surface area contributed by atoms with E-state index in [2.05, 4.69) is 26.2 Å². The minimum atomic E-state index is -1.04. The minimum Gasteiger partial charge on any atom is -0.480 e. The molecular formula is C10H11BrN4O2S. The maximum atomic E-state index is 10.6. The van der Waals surface area contributed by atoms with Gasteiger partial charge in [0.15, 0.2) is 0 Å². The third kappa shape index (κ3) is 3.15. The van der Waals surface area contributed by atoms with Gasteiger partial charge in [-0.3, -0.25) is 4.79 Å². The highest BCUT2D eigenvalue weighted by Crippen LogP contribution is 2.23. The number of nitrogens with zero attached hydrogens (tertiary/aromatic N) is 3. The van der Waals surface area contributed by atoms with E-state index < -0.39 is 12.0 Å². The summed E-state index contributed by atoms with van der Waals surface area (Å²) in [6.07, 6.45) is 1.90. The molecule has 8 heteroatoms. The van der Waals surface area contributed by atoms with Crippen molar-refractivity contribution < 1.29 is 9.90 Å². The molecule has 6 nitrogen and oxygen atoms in total. The quantitative estimate of drug-likeness (QED) is 0.856. The van der Waals surface area contributed by atoms with Gasteiger partial charge in [0.25, 0.3) is 0 Å². The van der Waals surface area contributed by atoms with Crippen LogP contribution < -0.4 is 5.73 Å². The van der Waals surface area contributed by atoms with Gasteiger partial charge in [-0.25, -0.2) is 4.68 Å². The molecule has 1 unspecified atom stereocenters. The fourth-order valence-electron chi connectivity index (χ4n) is 1.41. The lowest BCUT2D eigenvalue weighted by atomic mass is 10.2. The predicted molar refractivity (Wildman–Crippen MR) is 70.5 cm³/mol. The van der Waals surface area contributed by atoms with Crippen LogP contribution in [-0.2, 0) is 17.8 Å². The molecule has 0 aromatic carbocycles. The van der Waals surface area contributed by atoms with Crippen molar-refractivity contribution in [2.24, 2.45) is 5.73 Å². The summed E-state index contributed by atoms with van der Waals surface area (Å²) in [5.41, 5.74) is 6.02. The highest BCUT2D eigenvalue weighted by Gasteiger charge is 2.14. The van der Waals surface area contributed by atoms with E-state index in [-0.39, 0.29) is 6.42 Å². The smallest absolute Gasteiger partial charge is 0.320 e. The summed E-state index contributed by atoms with van der Waals surface area (Å²) < 4.78 is 2.70. The number of carboxylic acids is 1. The fraction of sp³-hybridized carbons (Fsp3) is 0.300. The van der Waals surface area contributed by atoms with Crippen LogP contribution in [0.15, 0.2) is 22.1 Å². The van der Waals surface area contributed by atoms with Crippen LogP contribution in [0.2, 0.25) is 0 Å². The zero-order valence-corrected chi connectivity index (χ0v) is 11.7. The van der Waals surface area contributed by atoms with Crippen LogP contribution in [0.1, 0.15) is 10.6 Å². The summed E-state index contributed by atoms with van der Waals surface area (Å²) in [7, 11) is 0. The lowest BCUT2D eigenvalue weighted by molar-refractivity contribution is -0.138. The van der Waals surface area contributed by atoms with Crippen molar-refractivity contribution in [2.45, 2.75) is 19.0 Å². The summed E-state index contributed by atoms with van der Waals surface area (Å²) in [6, 6.07) is 1.03. The van der Waals surface area contributed by atoms with Crippen molar-refractivity contribution in [1.29, 1.82) is 0 Å². The molecule has 0 amide bonds. The number of hydrogen-bond donors (Lipinski definition) is 2. The van der Waals surface area contributed by atoms with Gasteiger partial charge in [0.2, 0.25) is 0 Å². The number of aromatic nitrogens is 3. The van der Waals surface area contributed by atoms with Crippen molar-refractivity contribution in [3.05, 3.63) is 32.7 Å². The summed E-state index contributed by atoms with van der Waals surface area (Å²) in [6.45, 7) is 0.605. The molecule has 1 atom stereocenters. The lowest BCUT2D eigenvalue weighted by Crippen LogP contribution is -2.32. The monoisotopic (exact) mass is 330 g/mol. The number of halogens is 1. The average molecular weight is 331 g/mol. The Balaban J connectivity index is 2.02. The number of rotatable bonds is 5. The van der Waals surface area contributed by atoms with Gasteiger partial charge in [0.05, 0.1) is 12.2 Å². The van der Waals surface area contributed by atoms with Gasteiger partial charge >= 0.3 is 5.97 Å². The molecular weight excluding hydrogens is 320 g/mol. The number of hydrogen-bond acceptors (Lipinski definition) is 5. The maximum Gasteiger partial charge on any atom is 0.320 e. The normalized spacial score (nSPS) is 12.6. The molecule has 18 heavy (non-hydrogen) atoms. The molecule has 0 aliphatic heterocycles. The van der Waals surface area contributed by atoms with Gasteiger partial charge in [-0.15, -0.1) is 16.4 Å². The molecule has 0 fully saturated rings. The molecule has 0 bridgehead atoms. The Hall–Kier alpha value is -1.25. The first kappa shape index (κ1) is 13.2. The molecule has 0 radical (unpaired) electrons. The second-order valence-corrected chi connectivity index (χ2v) is 5.60. The molecule has 2 aromatic rings. The molecule has 96 valence electrons. The molecule has 0 saturated heterocycles. The molecule has 2 heterocycles. The number of aliphatic carboxylic acids is 1. The Kier molecular flexibility index (Phi) is 4.10. The Bertz CT molecular complexity index is 554. The third-order valence-corrected chi connectivity index (χ3v) is 4.24. The average Bonchev–Trinajstić information content (AvgIpc) is 2.90. The molecule has 3 N–H and O–H groups in total. The molecule has 0 saturated carbocycles. The van der Waals surface area contributed by atoms with E-state index in [1.165, 1.54) is 0 Å². The van der Waals surface area contributed by atoms with Gasteiger partial charge in [0.1, 0.15) is 6.04 Å². The highest BCUT2D eigenvalue weighted by atomic mass is 79.9. The topological polar surface area (TPSA) is 94.0 Å². The van der Waals surface area contributed by atoms with Crippen molar-refractivity contribution >= 4 is 33.2 Å². The van der Waals surface area contributed by atoms with Gasteiger partial charge in [-0.05, 0) is 27.4 Å². The summed E-state index contributed by atoms with van der Waals surface area (Å²) >= 11 is 5.06. The van der Waals surface area contributed by atoms with Crippen molar-refractivity contribution in [3.63, 3.8) is 0 Å². The number of carboxylic acid groups (broad SMARTS) is 1. The first-order valence-electron chi connectivity index (χ1n) is 5.15. The molecule has 0 spiro atoms. The second kappa shape index (κ2) is 5.59. The molecule has 0 aliphatic rings. The standard InChI is InChI=1S/C10H11BrN4O2S/c11-7-1-2-18-9(7)5-15-4-6(13-14-15)3-8(12)10(16)17/h1-2,4,8H,3,5,12H2,(H,16,17). The second-order valence-electron chi connectivity index (χ2n) is 3.75. The van der Waals surface area contributed by atoms with E-state index in [0.29, 0.717) is 12.2 Å². The number of thiophene rings is 1. The highest BCUT2D eigenvalue weighted by molar-refractivity contribution is 9.10. The summed E-state index contributed by atoms with van der Waals surface area (Å²) in [4.78, 5) is 11.8. The van der Waals surface area contributed by atoms with Crippen LogP contribution in [0.3, 0.4) is 0 Å². The van der Waals surface area contributed by atoms with Gasteiger partial charge in [-0.2, -0.15) is 0 Å². The van der Waals surface area contributed by atoms with E-state index >= 15 is 0 Å².